The standard InChI is InChI=1S/C16H23BrO2/c1-3-9-19-15-8-7-12(10-14(15)17)16(18)13-6-4-5-11(13)2/h7-8,10-11,13,16,18H,3-6,9H2,1-2H3. The summed E-state index contributed by atoms with van der Waals surface area (Å²) in [4.78, 5) is 0. The Bertz CT molecular complexity index is 419. The molecule has 0 aliphatic heterocycles. The smallest absolute Gasteiger partial charge is 0.133 e. The van der Waals surface area contributed by atoms with Crippen molar-refractivity contribution in [2.45, 2.75) is 45.6 Å². The first kappa shape index (κ1) is 14.9. The number of aliphatic hydroxyl groups is 1. The van der Waals surface area contributed by atoms with Crippen LogP contribution in [0.2, 0.25) is 0 Å². The molecule has 0 heterocycles. The maximum absolute atomic E-state index is 10.5. The number of rotatable bonds is 5. The molecule has 0 aromatic heterocycles. The monoisotopic (exact) mass is 326 g/mol. The van der Waals surface area contributed by atoms with Crippen LogP contribution in [-0.2, 0) is 0 Å². The van der Waals surface area contributed by atoms with Gasteiger partial charge in [-0.1, -0.05) is 32.8 Å². The number of halogens is 1. The van der Waals surface area contributed by atoms with Crippen molar-refractivity contribution in [3.8, 4) is 5.75 Å². The average Bonchev–Trinajstić information content (AvgIpc) is 2.82. The first-order valence-corrected chi connectivity index (χ1v) is 8.03. The Labute approximate surface area is 124 Å². The van der Waals surface area contributed by atoms with Gasteiger partial charge in [0.15, 0.2) is 0 Å². The van der Waals surface area contributed by atoms with E-state index in [0.29, 0.717) is 11.8 Å². The summed E-state index contributed by atoms with van der Waals surface area (Å²) in [5.74, 6) is 1.87. The summed E-state index contributed by atoms with van der Waals surface area (Å²) < 4.78 is 6.57. The highest BCUT2D eigenvalue weighted by atomic mass is 79.9. The molecule has 1 saturated carbocycles. The van der Waals surface area contributed by atoms with Crippen LogP contribution in [0.4, 0.5) is 0 Å². The Morgan fingerprint density at radius 3 is 2.79 bits per heavy atom. The van der Waals surface area contributed by atoms with Crippen molar-refractivity contribution < 1.29 is 9.84 Å². The summed E-state index contributed by atoms with van der Waals surface area (Å²) in [5.41, 5.74) is 0.995. The van der Waals surface area contributed by atoms with Crippen molar-refractivity contribution >= 4 is 15.9 Å². The Morgan fingerprint density at radius 2 is 2.21 bits per heavy atom. The van der Waals surface area contributed by atoms with Crippen LogP contribution in [-0.4, -0.2) is 11.7 Å². The Balaban J connectivity index is 2.10. The molecule has 2 rings (SSSR count). The second-order valence-corrected chi connectivity index (χ2v) is 6.41. The zero-order valence-electron chi connectivity index (χ0n) is 11.7. The molecule has 106 valence electrons. The minimum absolute atomic E-state index is 0.353. The number of ether oxygens (including phenoxy) is 1. The molecule has 3 unspecified atom stereocenters. The van der Waals surface area contributed by atoms with Gasteiger partial charge in [-0.3, -0.25) is 0 Å². The minimum Gasteiger partial charge on any atom is -0.492 e. The molecule has 3 atom stereocenters. The van der Waals surface area contributed by atoms with Gasteiger partial charge in [-0.25, -0.2) is 0 Å². The lowest BCUT2D eigenvalue weighted by atomic mass is 9.88. The van der Waals surface area contributed by atoms with E-state index in [4.69, 9.17) is 4.74 Å². The van der Waals surface area contributed by atoms with E-state index < -0.39 is 0 Å². The van der Waals surface area contributed by atoms with E-state index in [1.165, 1.54) is 12.8 Å². The van der Waals surface area contributed by atoms with Crippen molar-refractivity contribution in [3.63, 3.8) is 0 Å². The van der Waals surface area contributed by atoms with Crippen molar-refractivity contribution in [2.75, 3.05) is 6.61 Å². The maximum atomic E-state index is 10.5. The molecule has 1 aromatic carbocycles. The van der Waals surface area contributed by atoms with Crippen LogP contribution >= 0.6 is 15.9 Å². The molecule has 1 aliphatic rings. The summed E-state index contributed by atoms with van der Waals surface area (Å²) in [7, 11) is 0. The highest BCUT2D eigenvalue weighted by Crippen LogP contribution is 2.41. The third-order valence-electron chi connectivity index (χ3n) is 4.09. The van der Waals surface area contributed by atoms with Gasteiger partial charge in [0.2, 0.25) is 0 Å². The molecule has 1 aliphatic carbocycles. The first-order valence-electron chi connectivity index (χ1n) is 7.23. The molecule has 0 saturated heterocycles. The topological polar surface area (TPSA) is 29.5 Å². The molecule has 1 N–H and O–H groups in total. The van der Waals surface area contributed by atoms with E-state index >= 15 is 0 Å². The predicted molar refractivity (Wildman–Crippen MR) is 81.4 cm³/mol. The molecular formula is C16H23BrO2. The van der Waals surface area contributed by atoms with Crippen LogP contribution < -0.4 is 4.74 Å². The molecule has 0 spiro atoms. The van der Waals surface area contributed by atoms with Crippen LogP contribution in [0.15, 0.2) is 22.7 Å². The molecule has 2 nitrogen and oxygen atoms in total. The summed E-state index contributed by atoms with van der Waals surface area (Å²) >= 11 is 3.53. The van der Waals surface area contributed by atoms with E-state index in [9.17, 15) is 5.11 Å². The molecule has 1 fully saturated rings. The lowest BCUT2D eigenvalue weighted by Gasteiger charge is -2.23. The number of hydrogen-bond donors (Lipinski definition) is 1. The summed E-state index contributed by atoms with van der Waals surface area (Å²) in [6.07, 6.45) is 4.25. The van der Waals surface area contributed by atoms with Gasteiger partial charge in [0.05, 0.1) is 17.2 Å². The summed E-state index contributed by atoms with van der Waals surface area (Å²) in [6.45, 7) is 5.06. The second-order valence-electron chi connectivity index (χ2n) is 5.56. The number of hydrogen-bond acceptors (Lipinski definition) is 2. The van der Waals surface area contributed by atoms with Gasteiger partial charge >= 0.3 is 0 Å². The fraction of sp³-hybridized carbons (Fsp3) is 0.625. The van der Waals surface area contributed by atoms with Crippen molar-refractivity contribution in [1.29, 1.82) is 0 Å². The minimum atomic E-state index is -0.353. The van der Waals surface area contributed by atoms with E-state index in [2.05, 4.69) is 29.8 Å². The van der Waals surface area contributed by atoms with Crippen molar-refractivity contribution in [2.24, 2.45) is 11.8 Å². The predicted octanol–water partition coefficient (Wildman–Crippen LogP) is 4.71. The Morgan fingerprint density at radius 1 is 1.42 bits per heavy atom. The molecule has 0 bridgehead atoms. The van der Waals surface area contributed by atoms with Gasteiger partial charge < -0.3 is 9.84 Å². The quantitative estimate of drug-likeness (QED) is 0.849. The van der Waals surface area contributed by atoms with Crippen LogP contribution in [0.25, 0.3) is 0 Å². The normalized spacial score (nSPS) is 24.4. The molecule has 0 amide bonds. The van der Waals surface area contributed by atoms with Gasteiger partial charge in [-0.2, -0.15) is 0 Å². The Hall–Kier alpha value is -0.540. The fourth-order valence-electron chi connectivity index (χ4n) is 2.92. The van der Waals surface area contributed by atoms with E-state index in [1.54, 1.807) is 0 Å². The SMILES string of the molecule is CCCOc1ccc(C(O)C2CCCC2C)cc1Br. The summed E-state index contributed by atoms with van der Waals surface area (Å²) in [5, 5.41) is 10.5. The van der Waals surface area contributed by atoms with Crippen LogP contribution in [0.5, 0.6) is 5.75 Å². The zero-order chi connectivity index (χ0) is 13.8. The number of benzene rings is 1. The highest BCUT2D eigenvalue weighted by Gasteiger charge is 2.30. The fourth-order valence-corrected chi connectivity index (χ4v) is 3.43. The maximum Gasteiger partial charge on any atom is 0.133 e. The van der Waals surface area contributed by atoms with E-state index in [-0.39, 0.29) is 6.10 Å². The second kappa shape index (κ2) is 6.76. The molecular weight excluding hydrogens is 304 g/mol. The van der Waals surface area contributed by atoms with Crippen LogP contribution in [0, 0.1) is 11.8 Å². The lowest BCUT2D eigenvalue weighted by Crippen LogP contribution is -2.15. The van der Waals surface area contributed by atoms with Gasteiger partial charge in [-0.05, 0) is 58.3 Å². The molecule has 19 heavy (non-hydrogen) atoms. The first-order chi connectivity index (χ1) is 9.13. The number of aliphatic hydroxyl groups excluding tert-OH is 1. The van der Waals surface area contributed by atoms with Crippen molar-refractivity contribution in [3.05, 3.63) is 28.2 Å². The van der Waals surface area contributed by atoms with E-state index in [1.807, 2.05) is 18.2 Å². The average molecular weight is 327 g/mol. The Kier molecular flexibility index (Phi) is 5.28. The zero-order valence-corrected chi connectivity index (χ0v) is 13.3. The van der Waals surface area contributed by atoms with Crippen LogP contribution in [0.3, 0.4) is 0 Å². The third-order valence-corrected chi connectivity index (χ3v) is 4.71. The molecule has 3 heteroatoms. The lowest BCUT2D eigenvalue weighted by molar-refractivity contribution is 0.0899. The van der Waals surface area contributed by atoms with Crippen LogP contribution in [0.1, 0.15) is 51.2 Å². The summed E-state index contributed by atoms with van der Waals surface area (Å²) in [6, 6.07) is 5.95. The van der Waals surface area contributed by atoms with Crippen molar-refractivity contribution in [1.82, 2.24) is 0 Å². The van der Waals surface area contributed by atoms with Gasteiger partial charge in [0.25, 0.3) is 0 Å². The molecule has 0 radical (unpaired) electrons. The largest absolute Gasteiger partial charge is 0.492 e. The third kappa shape index (κ3) is 3.51. The van der Waals surface area contributed by atoms with Gasteiger partial charge in [0, 0.05) is 0 Å². The van der Waals surface area contributed by atoms with Gasteiger partial charge in [0.1, 0.15) is 5.75 Å². The molecule has 1 aromatic rings. The van der Waals surface area contributed by atoms with Gasteiger partial charge in [-0.15, -0.1) is 0 Å². The highest BCUT2D eigenvalue weighted by molar-refractivity contribution is 9.10. The van der Waals surface area contributed by atoms with E-state index in [0.717, 1.165) is 35.2 Å².